The Morgan fingerprint density at radius 3 is 1.75 bits per heavy atom. The largest absolute Gasteiger partial charge is 0.455 e. The first kappa shape index (κ1) is 30.1. The monoisotopic (exact) mass is 700 g/mol. The van der Waals surface area contributed by atoms with Crippen LogP contribution in [0, 0.1) is 0 Å². The SMILES string of the molecule is c1ccc(-n2c3ccccc3c3cc(-c4ccc5c6ccccc6n(-c6ccc(-c7cccc8c7oc7ccccc78)c7ccccc67)c5c4)ccc32)cc1. The minimum Gasteiger partial charge on any atom is -0.455 e. The van der Waals surface area contributed by atoms with E-state index < -0.39 is 0 Å². The molecule has 55 heavy (non-hydrogen) atoms. The Morgan fingerprint density at radius 1 is 0.309 bits per heavy atom. The van der Waals surface area contributed by atoms with Gasteiger partial charge in [-0.3, -0.25) is 0 Å². The summed E-state index contributed by atoms with van der Waals surface area (Å²) in [6.45, 7) is 0. The third-order valence-electron chi connectivity index (χ3n) is 11.5. The quantitative estimate of drug-likeness (QED) is 0.179. The lowest BCUT2D eigenvalue weighted by molar-refractivity contribution is 0.670. The highest BCUT2D eigenvalue weighted by molar-refractivity contribution is 6.16. The van der Waals surface area contributed by atoms with Crippen LogP contribution in [0.15, 0.2) is 199 Å². The summed E-state index contributed by atoms with van der Waals surface area (Å²) in [5.41, 5.74) is 13.6. The Hall–Kier alpha value is -7.36. The van der Waals surface area contributed by atoms with Crippen molar-refractivity contribution < 1.29 is 4.42 Å². The van der Waals surface area contributed by atoms with Gasteiger partial charge < -0.3 is 13.6 Å². The molecule has 0 saturated heterocycles. The molecule has 3 heterocycles. The first-order valence-electron chi connectivity index (χ1n) is 18.9. The van der Waals surface area contributed by atoms with E-state index in [2.05, 4.69) is 197 Å². The van der Waals surface area contributed by atoms with Crippen molar-refractivity contribution in [3.8, 4) is 33.6 Å². The Morgan fingerprint density at radius 2 is 0.909 bits per heavy atom. The van der Waals surface area contributed by atoms with E-state index in [0.717, 1.165) is 38.8 Å². The highest BCUT2D eigenvalue weighted by Gasteiger charge is 2.19. The van der Waals surface area contributed by atoms with Crippen LogP contribution >= 0.6 is 0 Å². The molecule has 0 fully saturated rings. The number of nitrogens with zero attached hydrogens (tertiary/aromatic N) is 2. The minimum atomic E-state index is 0.910. The Bertz CT molecular complexity index is 3490. The summed E-state index contributed by atoms with van der Waals surface area (Å²) in [6.07, 6.45) is 0. The van der Waals surface area contributed by atoms with Gasteiger partial charge in [-0.05, 0) is 76.7 Å². The van der Waals surface area contributed by atoms with Crippen LogP contribution in [-0.4, -0.2) is 9.13 Å². The van der Waals surface area contributed by atoms with Crippen LogP contribution in [0.4, 0.5) is 0 Å². The Labute approximate surface area is 316 Å². The molecule has 0 spiro atoms. The van der Waals surface area contributed by atoms with Crippen LogP contribution in [0.2, 0.25) is 0 Å². The molecule has 0 bridgehead atoms. The zero-order valence-electron chi connectivity index (χ0n) is 29.8. The van der Waals surface area contributed by atoms with Crippen LogP contribution in [0.1, 0.15) is 0 Å². The van der Waals surface area contributed by atoms with Gasteiger partial charge in [0.15, 0.2) is 0 Å². The first-order chi connectivity index (χ1) is 27.3. The third-order valence-corrected chi connectivity index (χ3v) is 11.5. The molecule has 12 aromatic rings. The third kappa shape index (κ3) is 4.38. The zero-order chi connectivity index (χ0) is 36.0. The average Bonchev–Trinajstić information content (AvgIpc) is 3.91. The molecule has 0 aliphatic heterocycles. The molecule has 12 rings (SSSR count). The van der Waals surface area contributed by atoms with Gasteiger partial charge in [0.2, 0.25) is 0 Å². The summed E-state index contributed by atoms with van der Waals surface area (Å²) in [6, 6.07) is 70.2. The van der Waals surface area contributed by atoms with Gasteiger partial charge in [-0.15, -0.1) is 0 Å². The van der Waals surface area contributed by atoms with Gasteiger partial charge in [-0.25, -0.2) is 0 Å². The number of hydrogen-bond donors (Lipinski definition) is 0. The average molecular weight is 701 g/mol. The van der Waals surface area contributed by atoms with Crippen LogP contribution < -0.4 is 0 Å². The van der Waals surface area contributed by atoms with Gasteiger partial charge in [0.05, 0.1) is 27.8 Å². The van der Waals surface area contributed by atoms with E-state index in [1.54, 1.807) is 0 Å². The molecular formula is C52H32N2O. The number of para-hydroxylation sites is 5. The highest BCUT2D eigenvalue weighted by Crippen LogP contribution is 2.43. The molecule has 0 saturated carbocycles. The lowest BCUT2D eigenvalue weighted by atomic mass is 9.95. The van der Waals surface area contributed by atoms with E-state index in [-0.39, 0.29) is 0 Å². The fourth-order valence-electron chi connectivity index (χ4n) is 9.09. The number of furan rings is 1. The van der Waals surface area contributed by atoms with Gasteiger partial charge >= 0.3 is 0 Å². The smallest absolute Gasteiger partial charge is 0.143 e. The number of rotatable bonds is 4. The van der Waals surface area contributed by atoms with E-state index in [0.29, 0.717) is 0 Å². The number of fused-ring (bicyclic) bond motifs is 10. The molecule has 3 heteroatoms. The fourth-order valence-corrected chi connectivity index (χ4v) is 9.09. The molecule has 0 unspecified atom stereocenters. The molecule has 3 nitrogen and oxygen atoms in total. The van der Waals surface area contributed by atoms with Crippen molar-refractivity contribution in [3.05, 3.63) is 194 Å². The van der Waals surface area contributed by atoms with Crippen molar-refractivity contribution in [3.63, 3.8) is 0 Å². The van der Waals surface area contributed by atoms with Gasteiger partial charge in [-0.2, -0.15) is 0 Å². The van der Waals surface area contributed by atoms with E-state index in [1.165, 1.54) is 71.2 Å². The lowest BCUT2D eigenvalue weighted by Gasteiger charge is -2.15. The summed E-state index contributed by atoms with van der Waals surface area (Å²) in [5, 5.41) is 9.64. The lowest BCUT2D eigenvalue weighted by Crippen LogP contribution is -1.96. The van der Waals surface area contributed by atoms with Crippen LogP contribution in [0.5, 0.6) is 0 Å². The summed E-state index contributed by atoms with van der Waals surface area (Å²) in [4.78, 5) is 0. The van der Waals surface area contributed by atoms with Crippen LogP contribution in [-0.2, 0) is 0 Å². The summed E-state index contributed by atoms with van der Waals surface area (Å²) in [5.74, 6) is 0. The predicted octanol–water partition coefficient (Wildman–Crippen LogP) is 14.3. The van der Waals surface area contributed by atoms with Crippen molar-refractivity contribution in [2.45, 2.75) is 0 Å². The second-order valence-electron chi connectivity index (χ2n) is 14.5. The summed E-state index contributed by atoms with van der Waals surface area (Å²) < 4.78 is 11.4. The maximum Gasteiger partial charge on any atom is 0.143 e. The standard InChI is InChI=1S/C52H32N2O/c1-2-13-35(14-3-1)53-46-22-9-7-18-40(46)45-31-33(26-29-49(45)53)34-25-27-41-39-17-6-10-23-47(39)54(50(41)32-34)48-30-28-37(36-15-4-5-16-38(36)48)43-20-12-21-44-42-19-8-11-24-51(42)55-52(43)44/h1-32H. The molecule has 0 aliphatic carbocycles. The van der Waals surface area contributed by atoms with Crippen LogP contribution in [0.25, 0.3) is 110 Å². The number of hydrogen-bond acceptors (Lipinski definition) is 1. The second-order valence-corrected chi connectivity index (χ2v) is 14.5. The molecule has 9 aromatic carbocycles. The Balaban J connectivity index is 1.07. The van der Waals surface area contributed by atoms with Gasteiger partial charge in [0.25, 0.3) is 0 Å². The highest BCUT2D eigenvalue weighted by atomic mass is 16.3. The maximum absolute atomic E-state index is 6.53. The predicted molar refractivity (Wildman–Crippen MR) is 231 cm³/mol. The number of benzene rings is 9. The van der Waals surface area contributed by atoms with E-state index in [4.69, 9.17) is 4.42 Å². The zero-order valence-corrected chi connectivity index (χ0v) is 29.8. The fraction of sp³-hybridized carbons (Fsp3) is 0. The topological polar surface area (TPSA) is 23.0 Å². The van der Waals surface area contributed by atoms with Crippen LogP contribution in [0.3, 0.4) is 0 Å². The molecule has 3 aromatic heterocycles. The minimum absolute atomic E-state index is 0.910. The van der Waals surface area contributed by atoms with Crippen molar-refractivity contribution in [2.75, 3.05) is 0 Å². The van der Waals surface area contributed by atoms with Gasteiger partial charge in [0, 0.05) is 49.0 Å². The van der Waals surface area contributed by atoms with Gasteiger partial charge in [-0.1, -0.05) is 140 Å². The van der Waals surface area contributed by atoms with Crippen molar-refractivity contribution in [2.24, 2.45) is 0 Å². The molecule has 0 atom stereocenters. The molecule has 0 radical (unpaired) electrons. The van der Waals surface area contributed by atoms with Crippen molar-refractivity contribution >= 4 is 76.3 Å². The van der Waals surface area contributed by atoms with E-state index in [9.17, 15) is 0 Å². The van der Waals surface area contributed by atoms with Gasteiger partial charge in [0.1, 0.15) is 11.2 Å². The van der Waals surface area contributed by atoms with Crippen molar-refractivity contribution in [1.82, 2.24) is 9.13 Å². The Kier molecular flexibility index (Phi) is 6.34. The number of aromatic nitrogens is 2. The normalized spacial score (nSPS) is 12.0. The molecular weight excluding hydrogens is 669 g/mol. The maximum atomic E-state index is 6.53. The molecule has 0 aliphatic rings. The summed E-state index contributed by atoms with van der Waals surface area (Å²) >= 11 is 0. The van der Waals surface area contributed by atoms with E-state index >= 15 is 0 Å². The molecule has 0 amide bonds. The molecule has 256 valence electrons. The summed E-state index contributed by atoms with van der Waals surface area (Å²) in [7, 11) is 0. The van der Waals surface area contributed by atoms with E-state index in [1.807, 2.05) is 6.07 Å². The van der Waals surface area contributed by atoms with Crippen molar-refractivity contribution in [1.29, 1.82) is 0 Å². The first-order valence-corrected chi connectivity index (χ1v) is 18.9. The molecule has 0 N–H and O–H groups in total. The second kappa shape index (κ2) is 11.6.